The van der Waals surface area contributed by atoms with E-state index in [1.165, 1.54) is 0 Å². The molecule has 0 aliphatic carbocycles. The summed E-state index contributed by atoms with van der Waals surface area (Å²) in [5.41, 5.74) is 0. The van der Waals surface area contributed by atoms with Crippen LogP contribution in [-0.4, -0.2) is 26.4 Å². The highest BCUT2D eigenvalue weighted by Gasteiger charge is 2.30. The zero-order chi connectivity index (χ0) is 11.2. The molecule has 0 spiro atoms. The molecule has 0 rings (SSSR count). The lowest BCUT2D eigenvalue weighted by Crippen LogP contribution is -2.17. The number of halogens is 3. The quantitative estimate of drug-likeness (QED) is 0.500. The van der Waals surface area contributed by atoms with E-state index in [1.54, 1.807) is 13.8 Å². The molecular weight excluding hydrogens is 219 g/mol. The molecule has 0 aliphatic rings. The Morgan fingerprint density at radius 1 is 1.14 bits per heavy atom. The van der Waals surface area contributed by atoms with Crippen LogP contribution in [0, 0.1) is 0 Å². The van der Waals surface area contributed by atoms with Crippen LogP contribution in [-0.2, 0) is 13.6 Å². The fourth-order valence-electron chi connectivity index (χ4n) is 0.864. The van der Waals surface area contributed by atoms with E-state index in [0.717, 1.165) is 0 Å². The number of hydrogen-bond donors (Lipinski definition) is 0. The molecule has 0 radical (unpaired) electrons. The predicted octanol–water partition coefficient (Wildman–Crippen LogP) is 3.10. The normalized spacial score (nSPS) is 13.2. The van der Waals surface area contributed by atoms with Gasteiger partial charge in [-0.15, -0.1) is 0 Å². The maximum absolute atomic E-state index is 11.9. The van der Waals surface area contributed by atoms with Crippen molar-refractivity contribution in [3.05, 3.63) is 0 Å². The first-order chi connectivity index (χ1) is 6.33. The van der Waals surface area contributed by atoms with E-state index in [-0.39, 0.29) is 13.2 Å². The molecule has 0 heterocycles. The van der Waals surface area contributed by atoms with Crippen molar-refractivity contribution in [1.82, 2.24) is 0 Å². The van der Waals surface area contributed by atoms with Gasteiger partial charge in [0.25, 0.3) is 0 Å². The van der Waals surface area contributed by atoms with Crippen molar-refractivity contribution in [2.45, 2.75) is 20.2 Å². The van der Waals surface area contributed by atoms with E-state index in [1.807, 2.05) is 0 Å². The summed E-state index contributed by atoms with van der Waals surface area (Å²) in [5, 5.41) is 0. The Hall–Kier alpha value is 0.00494. The van der Waals surface area contributed by atoms with E-state index in [0.29, 0.717) is 0 Å². The summed E-state index contributed by atoms with van der Waals surface area (Å²) in [6.07, 6.45) is -1.67. The summed E-state index contributed by atoms with van der Waals surface area (Å²) in [5.74, 6) is 0. The van der Waals surface area contributed by atoms with Gasteiger partial charge in [-0.3, -0.25) is 4.57 Å². The van der Waals surface area contributed by atoms with Crippen molar-refractivity contribution in [3.8, 4) is 0 Å². The fourth-order valence-corrected chi connectivity index (χ4v) is 2.59. The maximum atomic E-state index is 11.9. The minimum absolute atomic E-state index is 0.0855. The lowest BCUT2D eigenvalue weighted by atomic mass is 9.88. The van der Waals surface area contributed by atoms with Gasteiger partial charge in [-0.25, -0.2) is 0 Å². The largest absolute Gasteiger partial charge is 0.478 e. The van der Waals surface area contributed by atoms with Crippen molar-refractivity contribution in [1.29, 1.82) is 0 Å². The van der Waals surface area contributed by atoms with Gasteiger partial charge in [-0.05, 0) is 13.8 Å². The zero-order valence-corrected chi connectivity index (χ0v) is 9.11. The Labute approximate surface area is 81.6 Å². The summed E-state index contributed by atoms with van der Waals surface area (Å²) in [7, 11) is -3.52. The van der Waals surface area contributed by atoms with Crippen LogP contribution in [0.1, 0.15) is 13.8 Å². The van der Waals surface area contributed by atoms with Gasteiger partial charge in [0.05, 0.1) is 13.2 Å². The third kappa shape index (κ3) is 6.46. The molecule has 0 atom stereocenters. The van der Waals surface area contributed by atoms with Crippen LogP contribution < -0.4 is 0 Å². The van der Waals surface area contributed by atoms with Gasteiger partial charge in [0.2, 0.25) is 0 Å². The van der Waals surface area contributed by atoms with Gasteiger partial charge in [0.1, 0.15) is 0 Å². The zero-order valence-electron chi connectivity index (χ0n) is 8.21. The van der Waals surface area contributed by atoms with Gasteiger partial charge < -0.3 is 22.0 Å². The van der Waals surface area contributed by atoms with Crippen molar-refractivity contribution in [2.24, 2.45) is 0 Å². The molecular formula is C6H14BF3O3P-. The third-order valence-corrected chi connectivity index (χ3v) is 3.49. The first-order valence-corrected chi connectivity index (χ1v) is 6.15. The Morgan fingerprint density at radius 3 is 1.86 bits per heavy atom. The van der Waals surface area contributed by atoms with E-state index < -0.39 is 27.1 Å². The van der Waals surface area contributed by atoms with Crippen LogP contribution in [0.15, 0.2) is 0 Å². The Morgan fingerprint density at radius 2 is 1.57 bits per heavy atom. The fraction of sp³-hybridized carbons (Fsp3) is 1.00. The van der Waals surface area contributed by atoms with E-state index in [2.05, 4.69) is 0 Å². The van der Waals surface area contributed by atoms with Crippen LogP contribution >= 0.6 is 7.60 Å². The first kappa shape index (κ1) is 14.0. The van der Waals surface area contributed by atoms with Crippen molar-refractivity contribution >= 4 is 14.6 Å². The molecule has 0 bridgehead atoms. The van der Waals surface area contributed by atoms with Gasteiger partial charge in [-0.2, -0.15) is 0 Å². The highest BCUT2D eigenvalue weighted by Crippen LogP contribution is 2.49. The second-order valence-electron chi connectivity index (χ2n) is 2.67. The van der Waals surface area contributed by atoms with Crippen LogP contribution in [0.4, 0.5) is 12.9 Å². The molecule has 14 heavy (non-hydrogen) atoms. The lowest BCUT2D eigenvalue weighted by Gasteiger charge is -2.20. The molecule has 0 N–H and O–H groups in total. The summed E-state index contributed by atoms with van der Waals surface area (Å²) in [6.45, 7) is -1.64. The van der Waals surface area contributed by atoms with Crippen LogP contribution in [0.3, 0.4) is 0 Å². The Kier molecular flexibility index (Phi) is 5.78. The molecule has 3 nitrogen and oxygen atoms in total. The standard InChI is InChI=1S/C6H14BF3O3P/c1-3-12-14(11,13-4-2)6-5-7(8,9)10/h3-6H2,1-2H3/q-1. The Balaban J connectivity index is 4.16. The molecule has 0 unspecified atom stereocenters. The van der Waals surface area contributed by atoms with Crippen molar-refractivity contribution in [3.63, 3.8) is 0 Å². The van der Waals surface area contributed by atoms with Crippen molar-refractivity contribution in [2.75, 3.05) is 19.4 Å². The van der Waals surface area contributed by atoms with Gasteiger partial charge in [0, 0.05) is 6.16 Å². The first-order valence-electron chi connectivity index (χ1n) is 4.42. The maximum Gasteiger partial charge on any atom is 0.478 e. The molecule has 0 amide bonds. The van der Waals surface area contributed by atoms with E-state index >= 15 is 0 Å². The van der Waals surface area contributed by atoms with Gasteiger partial charge in [-0.1, -0.05) is 6.32 Å². The van der Waals surface area contributed by atoms with Crippen molar-refractivity contribution < 1.29 is 26.6 Å². The minimum Gasteiger partial charge on any atom is -0.449 e. The molecule has 86 valence electrons. The molecule has 0 saturated heterocycles. The number of rotatable bonds is 7. The summed E-state index contributed by atoms with van der Waals surface area (Å²) in [6, 6.07) is 0. The summed E-state index contributed by atoms with van der Waals surface area (Å²) < 4.78 is 56.6. The molecule has 0 aliphatic heterocycles. The smallest absolute Gasteiger partial charge is 0.449 e. The molecule has 0 aromatic rings. The topological polar surface area (TPSA) is 35.5 Å². The second-order valence-corrected chi connectivity index (χ2v) is 4.85. The van der Waals surface area contributed by atoms with Crippen LogP contribution in [0.2, 0.25) is 6.32 Å². The van der Waals surface area contributed by atoms with E-state index in [9.17, 15) is 17.5 Å². The SMILES string of the molecule is CCOP(=O)(CC[B-](F)(F)F)OCC. The third-order valence-electron chi connectivity index (χ3n) is 1.38. The minimum atomic E-state index is -4.93. The lowest BCUT2D eigenvalue weighted by molar-refractivity contribution is 0.220. The molecule has 0 aromatic carbocycles. The highest BCUT2D eigenvalue weighted by atomic mass is 31.2. The van der Waals surface area contributed by atoms with E-state index in [4.69, 9.17) is 9.05 Å². The molecule has 8 heteroatoms. The van der Waals surface area contributed by atoms with Crippen LogP contribution in [0.25, 0.3) is 0 Å². The number of hydrogen-bond acceptors (Lipinski definition) is 3. The second kappa shape index (κ2) is 5.78. The highest BCUT2D eigenvalue weighted by molar-refractivity contribution is 7.54. The average molecular weight is 233 g/mol. The monoisotopic (exact) mass is 233 g/mol. The van der Waals surface area contributed by atoms with Gasteiger partial charge in [0.15, 0.2) is 0 Å². The Bertz CT molecular complexity index is 199. The molecule has 0 saturated carbocycles. The summed E-state index contributed by atoms with van der Waals surface area (Å²) >= 11 is 0. The average Bonchev–Trinajstić information content (AvgIpc) is 2.01. The van der Waals surface area contributed by atoms with Crippen LogP contribution in [0.5, 0.6) is 0 Å². The predicted molar refractivity (Wildman–Crippen MR) is 49.6 cm³/mol. The summed E-state index contributed by atoms with van der Waals surface area (Å²) in [4.78, 5) is 0. The molecule has 0 aromatic heterocycles. The molecule has 0 fully saturated rings. The van der Waals surface area contributed by atoms with Gasteiger partial charge >= 0.3 is 14.6 Å².